The average Bonchev–Trinajstić information content (AvgIpc) is 2.08. The molecule has 0 spiro atoms. The molecule has 1 saturated heterocycles. The van der Waals surface area contributed by atoms with Crippen LogP contribution >= 0.6 is 12.6 Å². The van der Waals surface area contributed by atoms with Crippen molar-refractivity contribution in [3.63, 3.8) is 0 Å². The Bertz CT molecular complexity index is 205. The predicted molar refractivity (Wildman–Crippen MR) is 50.8 cm³/mol. The van der Waals surface area contributed by atoms with Crippen LogP contribution in [0.1, 0.15) is 0 Å². The molecule has 5 heteroatoms. The summed E-state index contributed by atoms with van der Waals surface area (Å²) in [5, 5.41) is 7.47. The van der Waals surface area contributed by atoms with Gasteiger partial charge in [0.2, 0.25) is 5.91 Å². The third-order valence-electron chi connectivity index (χ3n) is 1.99. The largest absolute Gasteiger partial charge is 0.349 e. The molecule has 1 aliphatic heterocycles. The number of hydrogen-bond acceptors (Lipinski definition) is 3. The lowest BCUT2D eigenvalue weighted by Gasteiger charge is -2.33. The zero-order valence-corrected chi connectivity index (χ0v) is 7.97. The smallest absolute Gasteiger partial charge is 0.241 e. The standard InChI is InChI=1S/C7H13N3OS/c1-9-2-3-10(4-7(9)11)6(8)5-12/h8,12H,2-5H2,1H3. The van der Waals surface area contributed by atoms with Crippen molar-refractivity contribution in [3.8, 4) is 0 Å². The Balaban J connectivity index is 2.51. The monoisotopic (exact) mass is 187 g/mol. The minimum Gasteiger partial charge on any atom is -0.349 e. The van der Waals surface area contributed by atoms with E-state index in [9.17, 15) is 4.79 Å². The molecule has 0 aromatic rings. The van der Waals surface area contributed by atoms with Gasteiger partial charge in [-0.15, -0.1) is 0 Å². The summed E-state index contributed by atoms with van der Waals surface area (Å²) in [7, 11) is 1.78. The fourth-order valence-electron chi connectivity index (χ4n) is 1.09. The van der Waals surface area contributed by atoms with Crippen molar-refractivity contribution >= 4 is 24.4 Å². The highest BCUT2D eigenvalue weighted by Crippen LogP contribution is 2.01. The zero-order chi connectivity index (χ0) is 9.14. The quantitative estimate of drug-likeness (QED) is 0.335. The Kier molecular flexibility index (Phi) is 2.97. The molecule has 0 saturated carbocycles. The first-order chi connectivity index (χ1) is 5.65. The number of nitrogens with zero attached hydrogens (tertiary/aromatic N) is 2. The first-order valence-corrected chi connectivity index (χ1v) is 4.45. The molecule has 0 aromatic heterocycles. The highest BCUT2D eigenvalue weighted by molar-refractivity contribution is 7.81. The molecule has 1 amide bonds. The Morgan fingerprint density at radius 1 is 1.67 bits per heavy atom. The van der Waals surface area contributed by atoms with E-state index in [1.807, 2.05) is 0 Å². The number of rotatable bonds is 1. The summed E-state index contributed by atoms with van der Waals surface area (Å²) in [5.74, 6) is 0.907. The van der Waals surface area contributed by atoms with Crippen molar-refractivity contribution in [3.05, 3.63) is 0 Å². The number of amides is 1. The summed E-state index contributed by atoms with van der Waals surface area (Å²) < 4.78 is 0. The van der Waals surface area contributed by atoms with Crippen LogP contribution in [-0.4, -0.2) is 54.0 Å². The summed E-state index contributed by atoms with van der Waals surface area (Å²) in [4.78, 5) is 14.6. The van der Waals surface area contributed by atoms with E-state index >= 15 is 0 Å². The SMILES string of the molecule is CN1CCN(C(=N)CS)CC1=O. The van der Waals surface area contributed by atoms with E-state index in [1.165, 1.54) is 0 Å². The maximum absolute atomic E-state index is 11.2. The minimum absolute atomic E-state index is 0.0767. The van der Waals surface area contributed by atoms with Gasteiger partial charge in [-0.05, 0) is 0 Å². The summed E-state index contributed by atoms with van der Waals surface area (Å²) in [5.41, 5.74) is 0. The Morgan fingerprint density at radius 2 is 2.33 bits per heavy atom. The fourth-order valence-corrected chi connectivity index (χ4v) is 1.29. The highest BCUT2D eigenvalue weighted by atomic mass is 32.1. The Labute approximate surface area is 77.4 Å². The minimum atomic E-state index is 0.0767. The second-order valence-electron chi connectivity index (χ2n) is 2.84. The number of carbonyl (C=O) groups excluding carboxylic acids is 1. The normalized spacial score (nSPS) is 18.3. The summed E-state index contributed by atoms with van der Waals surface area (Å²) in [6.07, 6.45) is 0. The third-order valence-corrected chi connectivity index (χ3v) is 2.29. The molecule has 4 nitrogen and oxygen atoms in total. The van der Waals surface area contributed by atoms with Crippen LogP contribution in [0.5, 0.6) is 0 Å². The van der Waals surface area contributed by atoms with Gasteiger partial charge in [0.05, 0.1) is 6.54 Å². The van der Waals surface area contributed by atoms with Crippen LogP contribution in [0.4, 0.5) is 0 Å². The van der Waals surface area contributed by atoms with E-state index in [-0.39, 0.29) is 5.91 Å². The van der Waals surface area contributed by atoms with E-state index < -0.39 is 0 Å². The molecule has 0 aliphatic carbocycles. The van der Waals surface area contributed by atoms with Gasteiger partial charge in [-0.2, -0.15) is 12.6 Å². The highest BCUT2D eigenvalue weighted by Gasteiger charge is 2.21. The van der Waals surface area contributed by atoms with Crippen LogP contribution < -0.4 is 0 Å². The van der Waals surface area contributed by atoms with Crippen molar-refractivity contribution in [1.29, 1.82) is 5.41 Å². The number of likely N-dealkylation sites (N-methyl/N-ethyl adjacent to an activating group) is 1. The van der Waals surface area contributed by atoms with Crippen LogP contribution in [0.25, 0.3) is 0 Å². The number of amidine groups is 1. The molecule has 68 valence electrons. The second-order valence-corrected chi connectivity index (χ2v) is 3.16. The Hall–Kier alpha value is -0.710. The van der Waals surface area contributed by atoms with E-state index in [0.29, 0.717) is 24.7 Å². The molecule has 1 rings (SSSR count). The van der Waals surface area contributed by atoms with Gasteiger partial charge in [0, 0.05) is 25.9 Å². The van der Waals surface area contributed by atoms with Crippen molar-refractivity contribution < 1.29 is 4.79 Å². The molecule has 0 radical (unpaired) electrons. The zero-order valence-electron chi connectivity index (χ0n) is 7.08. The van der Waals surface area contributed by atoms with Gasteiger partial charge < -0.3 is 9.80 Å². The molecule has 0 bridgehead atoms. The van der Waals surface area contributed by atoms with E-state index in [2.05, 4.69) is 12.6 Å². The number of piperazine rings is 1. The van der Waals surface area contributed by atoms with Crippen molar-refractivity contribution in [2.24, 2.45) is 0 Å². The van der Waals surface area contributed by atoms with E-state index in [4.69, 9.17) is 5.41 Å². The topological polar surface area (TPSA) is 47.4 Å². The lowest BCUT2D eigenvalue weighted by atomic mass is 10.3. The van der Waals surface area contributed by atoms with Gasteiger partial charge in [0.25, 0.3) is 0 Å². The maximum Gasteiger partial charge on any atom is 0.241 e. The molecular formula is C7H13N3OS. The first kappa shape index (κ1) is 9.38. The lowest BCUT2D eigenvalue weighted by Crippen LogP contribution is -2.50. The average molecular weight is 187 g/mol. The van der Waals surface area contributed by atoms with Crippen LogP contribution in [0.2, 0.25) is 0 Å². The first-order valence-electron chi connectivity index (χ1n) is 3.82. The molecule has 12 heavy (non-hydrogen) atoms. The van der Waals surface area contributed by atoms with Gasteiger partial charge in [-0.3, -0.25) is 10.2 Å². The molecule has 0 atom stereocenters. The molecule has 1 fully saturated rings. The Morgan fingerprint density at radius 3 is 2.83 bits per heavy atom. The number of carbonyl (C=O) groups is 1. The van der Waals surface area contributed by atoms with Crippen LogP contribution in [-0.2, 0) is 4.79 Å². The molecule has 1 heterocycles. The number of thiol groups is 1. The van der Waals surface area contributed by atoms with Crippen molar-refractivity contribution in [2.75, 3.05) is 32.4 Å². The second kappa shape index (κ2) is 3.80. The molecule has 1 N–H and O–H groups in total. The maximum atomic E-state index is 11.2. The van der Waals surface area contributed by atoms with Gasteiger partial charge in [0.1, 0.15) is 5.84 Å². The van der Waals surface area contributed by atoms with Gasteiger partial charge >= 0.3 is 0 Å². The van der Waals surface area contributed by atoms with Crippen LogP contribution in [0.3, 0.4) is 0 Å². The number of nitrogens with one attached hydrogen (secondary N) is 1. The van der Waals surface area contributed by atoms with Crippen molar-refractivity contribution in [2.45, 2.75) is 0 Å². The fraction of sp³-hybridized carbons (Fsp3) is 0.714. The van der Waals surface area contributed by atoms with Gasteiger partial charge in [-0.1, -0.05) is 0 Å². The number of hydrogen-bond donors (Lipinski definition) is 2. The summed E-state index contributed by atoms with van der Waals surface area (Å²) in [6.45, 7) is 1.78. The third kappa shape index (κ3) is 1.91. The molecule has 0 aromatic carbocycles. The van der Waals surface area contributed by atoms with Crippen LogP contribution in [0, 0.1) is 5.41 Å². The van der Waals surface area contributed by atoms with Gasteiger partial charge in [-0.25, -0.2) is 0 Å². The van der Waals surface area contributed by atoms with Crippen molar-refractivity contribution in [1.82, 2.24) is 9.80 Å². The van der Waals surface area contributed by atoms with E-state index in [1.54, 1.807) is 16.8 Å². The summed E-state index contributed by atoms with van der Waals surface area (Å²) in [6, 6.07) is 0. The van der Waals surface area contributed by atoms with Gasteiger partial charge in [0.15, 0.2) is 0 Å². The molecule has 1 aliphatic rings. The predicted octanol–water partition coefficient (Wildman–Crippen LogP) is -0.333. The van der Waals surface area contributed by atoms with E-state index in [0.717, 1.165) is 6.54 Å². The van der Waals surface area contributed by atoms with Crippen LogP contribution in [0.15, 0.2) is 0 Å². The summed E-state index contributed by atoms with van der Waals surface area (Å²) >= 11 is 3.99. The lowest BCUT2D eigenvalue weighted by molar-refractivity contribution is -0.132. The molecular weight excluding hydrogens is 174 g/mol. The molecule has 0 unspecified atom stereocenters.